The first-order valence-electron chi connectivity index (χ1n) is 8.86. The van der Waals surface area contributed by atoms with Crippen molar-refractivity contribution in [3.63, 3.8) is 0 Å². The van der Waals surface area contributed by atoms with Gasteiger partial charge in [0, 0.05) is 39.8 Å². The molecule has 11 heteroatoms. The fourth-order valence-electron chi connectivity index (χ4n) is 2.45. The fraction of sp³-hybridized carbons (Fsp3) is 0.875. The van der Waals surface area contributed by atoms with Gasteiger partial charge in [-0.05, 0) is 27.2 Å². The molecule has 1 aliphatic rings. The van der Waals surface area contributed by atoms with E-state index in [1.807, 2.05) is 27.7 Å². The first kappa shape index (κ1) is 26.2. The van der Waals surface area contributed by atoms with Crippen LogP contribution in [0, 0.1) is 0 Å². The number of sulfonamides is 1. The van der Waals surface area contributed by atoms with Crippen molar-refractivity contribution < 1.29 is 17.9 Å². The second kappa shape index (κ2) is 11.2. The molecule has 0 aliphatic carbocycles. The maximum Gasteiger partial charge on any atom is 0.410 e. The van der Waals surface area contributed by atoms with Crippen molar-refractivity contribution in [1.29, 1.82) is 0 Å². The topological polar surface area (TPSA) is 103 Å². The van der Waals surface area contributed by atoms with Crippen LogP contribution in [0.15, 0.2) is 4.99 Å². The van der Waals surface area contributed by atoms with Crippen LogP contribution in [-0.4, -0.2) is 87.3 Å². The Morgan fingerprint density at radius 1 is 1.33 bits per heavy atom. The number of nitrogens with one attached hydrogen (secondary N) is 2. The summed E-state index contributed by atoms with van der Waals surface area (Å²) in [7, 11) is -1.48. The molecule has 160 valence electrons. The fourth-order valence-corrected chi connectivity index (χ4v) is 3.38. The molecular formula is C16H34IN5O4S. The predicted molar refractivity (Wildman–Crippen MR) is 118 cm³/mol. The first-order valence-corrected chi connectivity index (χ1v) is 10.7. The maximum atomic E-state index is 11.9. The van der Waals surface area contributed by atoms with Crippen LogP contribution in [0.25, 0.3) is 0 Å². The Kier molecular flexibility index (Phi) is 10.9. The van der Waals surface area contributed by atoms with E-state index in [9.17, 15) is 13.2 Å². The molecule has 9 nitrogen and oxygen atoms in total. The molecule has 0 saturated carbocycles. The molecule has 0 radical (unpaired) electrons. The summed E-state index contributed by atoms with van der Waals surface area (Å²) >= 11 is 0. The average Bonchev–Trinajstić information content (AvgIpc) is 2.44. The largest absolute Gasteiger partial charge is 0.444 e. The number of hydrogen-bond acceptors (Lipinski definition) is 5. The highest BCUT2D eigenvalue weighted by molar-refractivity contribution is 14.0. The molecule has 0 bridgehead atoms. The van der Waals surface area contributed by atoms with E-state index in [2.05, 4.69) is 15.6 Å². The van der Waals surface area contributed by atoms with Gasteiger partial charge in [0.1, 0.15) is 5.60 Å². The van der Waals surface area contributed by atoms with Gasteiger partial charge >= 0.3 is 6.09 Å². The first-order chi connectivity index (χ1) is 12.0. The van der Waals surface area contributed by atoms with E-state index in [0.29, 0.717) is 45.1 Å². The zero-order valence-corrected chi connectivity index (χ0v) is 20.3. The van der Waals surface area contributed by atoms with Crippen molar-refractivity contribution in [2.45, 2.75) is 45.8 Å². The highest BCUT2D eigenvalue weighted by atomic mass is 127. The van der Waals surface area contributed by atoms with Crippen LogP contribution >= 0.6 is 24.0 Å². The number of likely N-dealkylation sites (tertiary alicyclic amines) is 1. The van der Waals surface area contributed by atoms with Crippen molar-refractivity contribution in [3.8, 4) is 0 Å². The van der Waals surface area contributed by atoms with Gasteiger partial charge in [-0.2, -0.15) is 0 Å². The van der Waals surface area contributed by atoms with Crippen LogP contribution in [0.2, 0.25) is 0 Å². The summed E-state index contributed by atoms with van der Waals surface area (Å²) in [6.07, 6.45) is 1.59. The molecule has 0 aromatic carbocycles. The van der Waals surface area contributed by atoms with Crippen LogP contribution in [-0.2, 0) is 14.8 Å². The number of carbonyl (C=O) groups excluding carboxylic acids is 1. The summed E-state index contributed by atoms with van der Waals surface area (Å²) in [6, 6.07) is 0.122. The van der Waals surface area contributed by atoms with Crippen LogP contribution in [0.1, 0.15) is 34.1 Å². The molecule has 0 unspecified atom stereocenters. The molecule has 1 saturated heterocycles. The van der Waals surface area contributed by atoms with E-state index in [0.717, 1.165) is 0 Å². The lowest BCUT2D eigenvalue weighted by Gasteiger charge is -2.40. The standard InChI is InChI=1S/C16H33N5O4S.HI/c1-7-21(26(6,23)24)10-8-9-18-14(17-5)19-13-11-20(12-13)15(22)25-16(2,3)4;/h13H,7-12H2,1-6H3,(H2,17,18,19);1H. The van der Waals surface area contributed by atoms with Gasteiger partial charge in [0.2, 0.25) is 10.0 Å². The average molecular weight is 519 g/mol. The minimum Gasteiger partial charge on any atom is -0.444 e. The molecule has 1 amide bonds. The lowest BCUT2D eigenvalue weighted by Crippen LogP contribution is -2.63. The number of nitrogens with zero attached hydrogens (tertiary/aromatic N) is 3. The third-order valence-electron chi connectivity index (χ3n) is 3.80. The van der Waals surface area contributed by atoms with Gasteiger partial charge in [-0.25, -0.2) is 17.5 Å². The van der Waals surface area contributed by atoms with Crippen molar-refractivity contribution in [3.05, 3.63) is 0 Å². The third kappa shape index (κ3) is 9.79. The van der Waals surface area contributed by atoms with Gasteiger partial charge in [-0.3, -0.25) is 4.99 Å². The minimum absolute atomic E-state index is 0. The number of carbonyl (C=O) groups is 1. The van der Waals surface area contributed by atoms with Gasteiger partial charge in [0.15, 0.2) is 5.96 Å². The van der Waals surface area contributed by atoms with Gasteiger partial charge < -0.3 is 20.3 Å². The van der Waals surface area contributed by atoms with Gasteiger partial charge in [-0.1, -0.05) is 6.92 Å². The molecule has 1 rings (SSSR count). The summed E-state index contributed by atoms with van der Waals surface area (Å²) in [5.41, 5.74) is -0.495. The van der Waals surface area contributed by atoms with E-state index < -0.39 is 15.6 Å². The molecule has 1 heterocycles. The van der Waals surface area contributed by atoms with E-state index in [4.69, 9.17) is 4.74 Å². The van der Waals surface area contributed by atoms with Crippen molar-refractivity contribution >= 4 is 46.1 Å². The minimum atomic E-state index is -3.15. The third-order valence-corrected chi connectivity index (χ3v) is 5.17. The van der Waals surface area contributed by atoms with E-state index in [-0.39, 0.29) is 36.1 Å². The zero-order chi connectivity index (χ0) is 20.0. The Bertz CT molecular complexity index is 600. The molecule has 1 aliphatic heterocycles. The number of rotatable bonds is 7. The molecular weight excluding hydrogens is 485 g/mol. The smallest absolute Gasteiger partial charge is 0.410 e. The lowest BCUT2D eigenvalue weighted by atomic mass is 10.1. The van der Waals surface area contributed by atoms with E-state index in [1.165, 1.54) is 10.6 Å². The molecule has 1 fully saturated rings. The Balaban J connectivity index is 0.00000676. The summed E-state index contributed by atoms with van der Waals surface area (Å²) in [4.78, 5) is 17.7. The van der Waals surface area contributed by atoms with Crippen LogP contribution in [0.4, 0.5) is 4.79 Å². The number of amides is 1. The van der Waals surface area contributed by atoms with E-state index in [1.54, 1.807) is 11.9 Å². The number of halogens is 1. The monoisotopic (exact) mass is 519 g/mol. The number of aliphatic imine (C=N–C) groups is 1. The molecule has 0 aromatic rings. The molecule has 0 aromatic heterocycles. The second-order valence-corrected chi connectivity index (χ2v) is 9.32. The molecule has 2 N–H and O–H groups in total. The maximum absolute atomic E-state index is 11.9. The highest BCUT2D eigenvalue weighted by Gasteiger charge is 2.34. The van der Waals surface area contributed by atoms with Crippen molar-refractivity contribution in [1.82, 2.24) is 19.8 Å². The Labute approximate surface area is 180 Å². The molecule has 0 spiro atoms. The predicted octanol–water partition coefficient (Wildman–Crippen LogP) is 1.06. The summed E-state index contributed by atoms with van der Waals surface area (Å²) in [5, 5.41) is 6.41. The van der Waals surface area contributed by atoms with Gasteiger partial charge in [0.05, 0.1) is 12.3 Å². The summed E-state index contributed by atoms with van der Waals surface area (Å²) < 4.78 is 29.8. The van der Waals surface area contributed by atoms with Crippen LogP contribution < -0.4 is 10.6 Å². The Hall–Kier alpha value is -0.820. The number of hydrogen-bond donors (Lipinski definition) is 2. The summed E-state index contributed by atoms with van der Waals surface area (Å²) in [5.74, 6) is 0.640. The van der Waals surface area contributed by atoms with Crippen LogP contribution in [0.3, 0.4) is 0 Å². The van der Waals surface area contributed by atoms with Crippen molar-refractivity contribution in [2.75, 3.05) is 46.0 Å². The molecule has 0 atom stereocenters. The number of ether oxygens (including phenoxy) is 1. The second-order valence-electron chi connectivity index (χ2n) is 7.33. The van der Waals surface area contributed by atoms with Gasteiger partial charge in [0.25, 0.3) is 0 Å². The van der Waals surface area contributed by atoms with E-state index >= 15 is 0 Å². The SMILES string of the molecule is CCN(CCCNC(=NC)NC1CN(C(=O)OC(C)(C)C)C1)S(C)(=O)=O.I. The van der Waals surface area contributed by atoms with Gasteiger partial charge in [-0.15, -0.1) is 24.0 Å². The number of guanidine groups is 1. The normalized spacial score (nSPS) is 15.8. The molecule has 27 heavy (non-hydrogen) atoms. The van der Waals surface area contributed by atoms with Crippen molar-refractivity contribution in [2.24, 2.45) is 4.99 Å². The highest BCUT2D eigenvalue weighted by Crippen LogP contribution is 2.15. The lowest BCUT2D eigenvalue weighted by molar-refractivity contribution is 0.00701. The Morgan fingerprint density at radius 3 is 2.37 bits per heavy atom. The quantitative estimate of drug-likeness (QED) is 0.226. The Morgan fingerprint density at radius 2 is 1.93 bits per heavy atom. The van der Waals surface area contributed by atoms with Crippen LogP contribution in [0.5, 0.6) is 0 Å². The zero-order valence-electron chi connectivity index (χ0n) is 17.1. The summed E-state index contributed by atoms with van der Waals surface area (Å²) in [6.45, 7) is 10.0.